The fourth-order valence-electron chi connectivity index (χ4n) is 1.58. The first-order valence-electron chi connectivity index (χ1n) is 6.57. The molecular weight excluding hydrogens is 200 g/mol. The third kappa shape index (κ3) is 6.11. The molecule has 16 heavy (non-hydrogen) atoms. The van der Waals surface area contributed by atoms with Gasteiger partial charge in [0.05, 0.1) is 6.54 Å². The summed E-state index contributed by atoms with van der Waals surface area (Å²) in [6.07, 6.45) is 3.15. The Morgan fingerprint density at radius 3 is 2.06 bits per heavy atom. The fraction of sp³-hybridized carbons (Fsp3) is 0.923. The Bertz CT molecular complexity index is 190. The zero-order valence-corrected chi connectivity index (χ0v) is 11.5. The van der Waals surface area contributed by atoms with Crippen LogP contribution in [0.1, 0.15) is 53.9 Å². The zero-order chi connectivity index (χ0) is 12.6. The minimum absolute atomic E-state index is 0.115. The number of carbonyl (C=O) groups is 1. The Labute approximate surface area is 100 Å². The van der Waals surface area contributed by atoms with Crippen LogP contribution in [-0.4, -0.2) is 24.5 Å². The van der Waals surface area contributed by atoms with Crippen LogP contribution in [0, 0.1) is 5.92 Å². The van der Waals surface area contributed by atoms with E-state index in [0.717, 1.165) is 19.3 Å². The SMILES string of the molecule is CCC(CC)NC(=O)CNC(C)C(C)CC. The lowest BCUT2D eigenvalue weighted by atomic mass is 10.0. The lowest BCUT2D eigenvalue weighted by molar-refractivity contribution is -0.121. The average Bonchev–Trinajstić information content (AvgIpc) is 2.31. The molecule has 3 heteroatoms. The van der Waals surface area contributed by atoms with Crippen molar-refractivity contribution in [2.75, 3.05) is 6.54 Å². The monoisotopic (exact) mass is 228 g/mol. The number of rotatable bonds is 8. The molecule has 0 saturated heterocycles. The van der Waals surface area contributed by atoms with Crippen molar-refractivity contribution in [3.63, 3.8) is 0 Å². The van der Waals surface area contributed by atoms with Gasteiger partial charge in [-0.05, 0) is 25.7 Å². The summed E-state index contributed by atoms with van der Waals surface area (Å²) >= 11 is 0. The predicted octanol–water partition coefficient (Wildman–Crippen LogP) is 2.32. The Kier molecular flexibility index (Phi) is 8.26. The lowest BCUT2D eigenvalue weighted by Gasteiger charge is -2.21. The molecule has 2 N–H and O–H groups in total. The molecule has 0 heterocycles. The topological polar surface area (TPSA) is 41.1 Å². The van der Waals surface area contributed by atoms with Crippen molar-refractivity contribution in [2.45, 2.75) is 66.0 Å². The maximum Gasteiger partial charge on any atom is 0.234 e. The van der Waals surface area contributed by atoms with Crippen LogP contribution in [0.5, 0.6) is 0 Å². The summed E-state index contributed by atoms with van der Waals surface area (Å²) in [5, 5.41) is 6.30. The van der Waals surface area contributed by atoms with Gasteiger partial charge in [0.25, 0.3) is 0 Å². The van der Waals surface area contributed by atoms with Gasteiger partial charge in [0, 0.05) is 12.1 Å². The first-order chi connectivity index (χ1) is 7.54. The lowest BCUT2D eigenvalue weighted by Crippen LogP contribution is -2.43. The molecular formula is C13H28N2O. The summed E-state index contributed by atoms with van der Waals surface area (Å²) in [4.78, 5) is 11.6. The van der Waals surface area contributed by atoms with E-state index in [9.17, 15) is 4.79 Å². The summed E-state index contributed by atoms with van der Waals surface area (Å²) in [7, 11) is 0. The van der Waals surface area contributed by atoms with Crippen molar-refractivity contribution >= 4 is 5.91 Å². The van der Waals surface area contributed by atoms with Gasteiger partial charge in [-0.25, -0.2) is 0 Å². The van der Waals surface area contributed by atoms with Gasteiger partial charge < -0.3 is 10.6 Å². The first-order valence-corrected chi connectivity index (χ1v) is 6.57. The highest BCUT2D eigenvalue weighted by atomic mass is 16.1. The highest BCUT2D eigenvalue weighted by Gasteiger charge is 2.12. The highest BCUT2D eigenvalue weighted by Crippen LogP contribution is 2.05. The number of amides is 1. The van der Waals surface area contributed by atoms with Gasteiger partial charge in [0.2, 0.25) is 5.91 Å². The normalized spacial score (nSPS) is 14.9. The van der Waals surface area contributed by atoms with Crippen molar-refractivity contribution in [3.8, 4) is 0 Å². The largest absolute Gasteiger partial charge is 0.352 e. The van der Waals surface area contributed by atoms with Gasteiger partial charge in [0.15, 0.2) is 0 Å². The molecule has 0 aliphatic heterocycles. The molecule has 3 nitrogen and oxygen atoms in total. The number of nitrogens with one attached hydrogen (secondary N) is 2. The molecule has 0 aliphatic carbocycles. The quantitative estimate of drug-likeness (QED) is 0.669. The Hall–Kier alpha value is -0.570. The van der Waals surface area contributed by atoms with Crippen LogP contribution in [0.2, 0.25) is 0 Å². The van der Waals surface area contributed by atoms with E-state index in [1.165, 1.54) is 0 Å². The molecule has 2 unspecified atom stereocenters. The van der Waals surface area contributed by atoms with E-state index in [2.05, 4.69) is 45.3 Å². The van der Waals surface area contributed by atoms with Crippen LogP contribution >= 0.6 is 0 Å². The van der Waals surface area contributed by atoms with Crippen molar-refractivity contribution in [2.24, 2.45) is 5.92 Å². The predicted molar refractivity (Wildman–Crippen MR) is 69.4 cm³/mol. The van der Waals surface area contributed by atoms with Crippen molar-refractivity contribution in [3.05, 3.63) is 0 Å². The number of carbonyl (C=O) groups excluding carboxylic acids is 1. The van der Waals surface area contributed by atoms with Crippen molar-refractivity contribution < 1.29 is 4.79 Å². The third-order valence-corrected chi connectivity index (χ3v) is 3.43. The van der Waals surface area contributed by atoms with Crippen LogP contribution in [0.3, 0.4) is 0 Å². The number of hydrogen-bond acceptors (Lipinski definition) is 2. The summed E-state index contributed by atoms with van der Waals surface area (Å²) in [5.41, 5.74) is 0. The maximum absolute atomic E-state index is 11.6. The summed E-state index contributed by atoms with van der Waals surface area (Å²) in [6, 6.07) is 0.727. The standard InChI is InChI=1S/C13H28N2O/c1-6-10(4)11(5)14-9-13(16)15-12(7-2)8-3/h10-12,14H,6-9H2,1-5H3,(H,15,16). The molecule has 0 saturated carbocycles. The minimum Gasteiger partial charge on any atom is -0.352 e. The van der Waals surface area contributed by atoms with Crippen LogP contribution in [0.25, 0.3) is 0 Å². The number of hydrogen-bond donors (Lipinski definition) is 2. The van der Waals surface area contributed by atoms with Gasteiger partial charge in [-0.3, -0.25) is 4.79 Å². The molecule has 0 bridgehead atoms. The molecule has 0 aliphatic rings. The second-order valence-corrected chi connectivity index (χ2v) is 4.64. The van der Waals surface area contributed by atoms with Gasteiger partial charge >= 0.3 is 0 Å². The van der Waals surface area contributed by atoms with E-state index in [4.69, 9.17) is 0 Å². The Morgan fingerprint density at radius 1 is 1.06 bits per heavy atom. The van der Waals surface area contributed by atoms with Gasteiger partial charge in [-0.1, -0.05) is 34.1 Å². The molecule has 0 aromatic heterocycles. The van der Waals surface area contributed by atoms with E-state index < -0.39 is 0 Å². The van der Waals surface area contributed by atoms with Gasteiger partial charge in [-0.2, -0.15) is 0 Å². The van der Waals surface area contributed by atoms with Crippen molar-refractivity contribution in [1.82, 2.24) is 10.6 Å². The minimum atomic E-state index is 0.115. The smallest absolute Gasteiger partial charge is 0.234 e. The van der Waals surface area contributed by atoms with E-state index >= 15 is 0 Å². The molecule has 0 rings (SSSR count). The molecule has 2 atom stereocenters. The summed E-state index contributed by atoms with van der Waals surface area (Å²) < 4.78 is 0. The first kappa shape index (κ1) is 15.4. The molecule has 0 radical (unpaired) electrons. The molecule has 0 spiro atoms. The maximum atomic E-state index is 11.6. The highest BCUT2D eigenvalue weighted by molar-refractivity contribution is 5.78. The molecule has 0 aromatic carbocycles. The van der Waals surface area contributed by atoms with Gasteiger partial charge in [-0.15, -0.1) is 0 Å². The van der Waals surface area contributed by atoms with Crippen LogP contribution in [0.4, 0.5) is 0 Å². The van der Waals surface area contributed by atoms with E-state index in [1.807, 2.05) is 0 Å². The van der Waals surface area contributed by atoms with Crippen molar-refractivity contribution in [1.29, 1.82) is 0 Å². The summed E-state index contributed by atoms with van der Waals surface area (Å²) in [6.45, 7) is 11.2. The zero-order valence-electron chi connectivity index (χ0n) is 11.5. The average molecular weight is 228 g/mol. The Balaban J connectivity index is 3.80. The molecule has 0 aromatic rings. The fourth-order valence-corrected chi connectivity index (χ4v) is 1.58. The second-order valence-electron chi connectivity index (χ2n) is 4.64. The van der Waals surface area contributed by atoms with Crippen LogP contribution in [-0.2, 0) is 4.79 Å². The third-order valence-electron chi connectivity index (χ3n) is 3.43. The summed E-state index contributed by atoms with van der Waals surface area (Å²) in [5.74, 6) is 0.727. The second kappa shape index (κ2) is 8.57. The molecule has 0 fully saturated rings. The van der Waals surface area contributed by atoms with E-state index in [1.54, 1.807) is 0 Å². The van der Waals surface area contributed by atoms with E-state index in [-0.39, 0.29) is 5.91 Å². The molecule has 1 amide bonds. The van der Waals surface area contributed by atoms with E-state index in [0.29, 0.717) is 24.5 Å². The Morgan fingerprint density at radius 2 is 1.62 bits per heavy atom. The van der Waals surface area contributed by atoms with Crippen LogP contribution < -0.4 is 10.6 Å². The van der Waals surface area contributed by atoms with Gasteiger partial charge in [0.1, 0.15) is 0 Å². The van der Waals surface area contributed by atoms with Crippen LogP contribution in [0.15, 0.2) is 0 Å². The molecule has 96 valence electrons.